The third-order valence-electron chi connectivity index (χ3n) is 4.48. The van der Waals surface area contributed by atoms with E-state index in [0.29, 0.717) is 10.1 Å². The van der Waals surface area contributed by atoms with Gasteiger partial charge in [-0.3, -0.25) is 23.4 Å². The van der Waals surface area contributed by atoms with Crippen molar-refractivity contribution in [2.75, 3.05) is 6.61 Å². The Kier molecular flexibility index (Phi) is 4.93. The highest BCUT2D eigenvalue weighted by molar-refractivity contribution is 7.49. The number of nitrogens with zero attached hydrogens (tertiary/aromatic N) is 1. The predicted octanol–water partition coefficient (Wildman–Crippen LogP) is 0.187. The van der Waals surface area contributed by atoms with Gasteiger partial charge in [-0.25, -0.2) is 13.8 Å². The molecule has 2 aliphatic rings. The van der Waals surface area contributed by atoms with Gasteiger partial charge in [-0.1, -0.05) is 18.2 Å². The molecule has 5 atom stereocenters. The fourth-order valence-corrected chi connectivity index (χ4v) is 4.19. The second kappa shape index (κ2) is 7.17. The molecule has 0 saturated carbocycles. The number of aromatic nitrogens is 2. The molecule has 2 aliphatic heterocycles. The van der Waals surface area contributed by atoms with Crippen LogP contribution in [-0.4, -0.2) is 44.4 Å². The van der Waals surface area contributed by atoms with E-state index in [0.717, 1.165) is 12.3 Å². The number of aromatic amines is 1. The minimum atomic E-state index is -4.22. The SMILES string of the molecule is O=c1ccn([C@@H]2O[C@](F)(COP3(=O)OCc4ccccc4O3)[C@@H](O)[C@H]2O)c(=O)[nH]1. The molecule has 3 heterocycles. The zero-order chi connectivity index (χ0) is 20.8. The smallest absolute Gasteiger partial charge is 0.404 e. The van der Waals surface area contributed by atoms with E-state index in [1.807, 2.05) is 4.98 Å². The molecule has 13 heteroatoms. The molecule has 0 amide bonds. The molecule has 0 aliphatic carbocycles. The highest BCUT2D eigenvalue weighted by Crippen LogP contribution is 2.55. The van der Waals surface area contributed by atoms with E-state index in [1.165, 1.54) is 6.07 Å². The van der Waals surface area contributed by atoms with Gasteiger partial charge in [-0.05, 0) is 6.07 Å². The number of H-pyrrole nitrogens is 1. The van der Waals surface area contributed by atoms with Crippen LogP contribution in [0, 0.1) is 0 Å². The fourth-order valence-electron chi connectivity index (χ4n) is 2.96. The summed E-state index contributed by atoms with van der Waals surface area (Å²) in [6, 6.07) is 7.53. The number of benzene rings is 1. The lowest BCUT2D eigenvalue weighted by Crippen LogP contribution is -2.43. The van der Waals surface area contributed by atoms with Crippen LogP contribution in [0.25, 0.3) is 0 Å². The van der Waals surface area contributed by atoms with Gasteiger partial charge in [-0.15, -0.1) is 0 Å². The second-order valence-corrected chi connectivity index (χ2v) is 8.03. The Hall–Kier alpha value is -2.34. The number of aliphatic hydroxyl groups excluding tert-OH is 2. The first kappa shape index (κ1) is 20.0. The van der Waals surface area contributed by atoms with Crippen molar-refractivity contribution in [3.63, 3.8) is 0 Å². The Morgan fingerprint density at radius 3 is 2.83 bits per heavy atom. The molecule has 4 rings (SSSR count). The molecule has 2 aromatic rings. The van der Waals surface area contributed by atoms with E-state index < -0.39 is 50.0 Å². The van der Waals surface area contributed by atoms with Crippen LogP contribution in [0.5, 0.6) is 5.75 Å². The van der Waals surface area contributed by atoms with Gasteiger partial charge in [0.15, 0.2) is 6.23 Å². The Morgan fingerprint density at radius 1 is 1.31 bits per heavy atom. The van der Waals surface area contributed by atoms with E-state index in [-0.39, 0.29) is 12.4 Å². The summed E-state index contributed by atoms with van der Waals surface area (Å²) in [6.45, 7) is -1.23. The maximum absolute atomic E-state index is 15.1. The van der Waals surface area contributed by atoms with Gasteiger partial charge in [0.1, 0.15) is 24.6 Å². The molecule has 0 radical (unpaired) electrons. The van der Waals surface area contributed by atoms with Gasteiger partial charge in [0.2, 0.25) is 0 Å². The number of hydrogen-bond donors (Lipinski definition) is 3. The third-order valence-corrected chi connectivity index (χ3v) is 5.79. The van der Waals surface area contributed by atoms with Crippen molar-refractivity contribution in [3.8, 4) is 5.75 Å². The van der Waals surface area contributed by atoms with Crippen molar-refractivity contribution in [1.29, 1.82) is 0 Å². The summed E-state index contributed by atoms with van der Waals surface area (Å²) in [4.78, 5) is 24.9. The zero-order valence-electron chi connectivity index (χ0n) is 14.6. The van der Waals surface area contributed by atoms with Crippen molar-refractivity contribution in [2.24, 2.45) is 0 Å². The van der Waals surface area contributed by atoms with Crippen molar-refractivity contribution < 1.29 is 37.5 Å². The molecule has 1 fully saturated rings. The second-order valence-electron chi connectivity index (χ2n) is 6.44. The van der Waals surface area contributed by atoms with Crippen molar-refractivity contribution >= 4 is 7.82 Å². The summed E-state index contributed by atoms with van der Waals surface area (Å²) in [5.41, 5.74) is -1.08. The number of hydrogen-bond acceptors (Lipinski definition) is 9. The molecule has 3 N–H and O–H groups in total. The van der Waals surface area contributed by atoms with E-state index in [2.05, 4.69) is 0 Å². The lowest BCUT2D eigenvalue weighted by Gasteiger charge is -2.28. The molecule has 29 heavy (non-hydrogen) atoms. The van der Waals surface area contributed by atoms with Crippen LogP contribution in [0.1, 0.15) is 11.8 Å². The average Bonchev–Trinajstić information content (AvgIpc) is 2.91. The molecule has 0 spiro atoms. The molecule has 156 valence electrons. The Morgan fingerprint density at radius 2 is 2.07 bits per heavy atom. The first-order valence-electron chi connectivity index (χ1n) is 8.42. The maximum Gasteiger partial charge on any atom is 0.530 e. The van der Waals surface area contributed by atoms with Gasteiger partial charge in [0, 0.05) is 17.8 Å². The third kappa shape index (κ3) is 3.66. The molecule has 1 aromatic heterocycles. The standard InChI is InChI=1S/C16H16FN2O9P/c17-16(8-26-29(24)25-7-9-3-1-2-4-10(9)28-29)13(22)12(21)14(27-16)19-6-5-11(20)18-15(19)23/h1-6,12-14,21-22H,7-8H2,(H,18,20,23)/t12-,13+,14-,16-,29?/m1/s1. The molecule has 11 nitrogen and oxygen atoms in total. The highest BCUT2D eigenvalue weighted by atomic mass is 31.2. The average molecular weight is 430 g/mol. The Labute approximate surface area is 161 Å². The number of halogens is 1. The van der Waals surface area contributed by atoms with Gasteiger partial charge >= 0.3 is 13.5 Å². The van der Waals surface area contributed by atoms with E-state index in [4.69, 9.17) is 18.3 Å². The molecular weight excluding hydrogens is 414 g/mol. The quantitative estimate of drug-likeness (QED) is 0.578. The minimum absolute atomic E-state index is 0.103. The number of fused-ring (bicyclic) bond motifs is 1. The van der Waals surface area contributed by atoms with Crippen molar-refractivity contribution in [3.05, 3.63) is 62.9 Å². The van der Waals surface area contributed by atoms with Crippen molar-refractivity contribution in [1.82, 2.24) is 9.55 Å². The van der Waals surface area contributed by atoms with Gasteiger partial charge in [-0.2, -0.15) is 0 Å². The molecule has 1 aromatic carbocycles. The highest BCUT2D eigenvalue weighted by Gasteiger charge is 2.57. The molecular formula is C16H16FN2O9P. The number of rotatable bonds is 4. The Balaban J connectivity index is 1.51. The van der Waals surface area contributed by atoms with E-state index in [9.17, 15) is 24.4 Å². The molecule has 0 bridgehead atoms. The predicted molar refractivity (Wildman–Crippen MR) is 92.7 cm³/mol. The summed E-state index contributed by atoms with van der Waals surface area (Å²) < 4.78 is 48.6. The van der Waals surface area contributed by atoms with Crippen LogP contribution in [0.4, 0.5) is 4.39 Å². The summed E-state index contributed by atoms with van der Waals surface area (Å²) >= 11 is 0. The topological polar surface area (TPSA) is 149 Å². The fraction of sp³-hybridized carbons (Fsp3) is 0.375. The molecule has 1 saturated heterocycles. The number of phosphoric ester groups is 1. The molecule has 1 unspecified atom stereocenters. The summed E-state index contributed by atoms with van der Waals surface area (Å²) in [5.74, 6) is -2.80. The van der Waals surface area contributed by atoms with Crippen LogP contribution in [0.15, 0.2) is 46.1 Å². The lowest BCUT2D eigenvalue weighted by atomic mass is 10.1. The van der Waals surface area contributed by atoms with Crippen LogP contribution in [-0.2, 0) is 25.0 Å². The van der Waals surface area contributed by atoms with Crippen LogP contribution in [0.2, 0.25) is 0 Å². The minimum Gasteiger partial charge on any atom is -0.404 e. The number of ether oxygens (including phenoxy) is 1. The first-order chi connectivity index (χ1) is 13.7. The van der Waals surface area contributed by atoms with E-state index >= 15 is 4.39 Å². The summed E-state index contributed by atoms with van der Waals surface area (Å²) in [6.07, 6.45) is -4.74. The zero-order valence-corrected chi connectivity index (χ0v) is 15.5. The van der Waals surface area contributed by atoms with Gasteiger partial charge in [0.05, 0.1) is 6.61 Å². The Bertz CT molecular complexity index is 1090. The van der Waals surface area contributed by atoms with Crippen LogP contribution >= 0.6 is 7.82 Å². The van der Waals surface area contributed by atoms with E-state index in [1.54, 1.807) is 18.2 Å². The maximum atomic E-state index is 15.1. The van der Waals surface area contributed by atoms with Crippen LogP contribution in [0.3, 0.4) is 0 Å². The number of nitrogens with one attached hydrogen (secondary N) is 1. The normalized spacial score (nSPS) is 33.8. The number of alkyl halides is 1. The van der Waals surface area contributed by atoms with Gasteiger partial charge < -0.3 is 19.5 Å². The van der Waals surface area contributed by atoms with Crippen molar-refractivity contribution in [2.45, 2.75) is 30.9 Å². The monoisotopic (exact) mass is 430 g/mol. The summed E-state index contributed by atoms with van der Waals surface area (Å²) in [7, 11) is -4.22. The largest absolute Gasteiger partial charge is 0.530 e. The number of phosphoric acid groups is 1. The number of para-hydroxylation sites is 1. The number of aliphatic hydroxyl groups is 2. The van der Waals surface area contributed by atoms with Gasteiger partial charge in [0.25, 0.3) is 11.4 Å². The summed E-state index contributed by atoms with van der Waals surface area (Å²) in [5, 5.41) is 20.2. The lowest BCUT2D eigenvalue weighted by molar-refractivity contribution is -0.205. The van der Waals surface area contributed by atoms with Crippen LogP contribution < -0.4 is 15.8 Å². The first-order valence-corrected chi connectivity index (χ1v) is 9.88.